The third kappa shape index (κ3) is 4.22. The zero-order chi connectivity index (χ0) is 15.5. The SMILES string of the molecule is CCCNC1C(N(C)C2CCC(C)CC2)CCCC1(C)C. The molecule has 0 aliphatic heterocycles. The Morgan fingerprint density at radius 3 is 2.38 bits per heavy atom. The molecule has 21 heavy (non-hydrogen) atoms. The van der Waals surface area contributed by atoms with Crippen LogP contribution in [0, 0.1) is 11.3 Å². The molecule has 2 nitrogen and oxygen atoms in total. The highest BCUT2D eigenvalue weighted by Gasteiger charge is 2.41. The van der Waals surface area contributed by atoms with Crippen molar-refractivity contribution < 1.29 is 0 Å². The predicted molar refractivity (Wildman–Crippen MR) is 92.7 cm³/mol. The van der Waals surface area contributed by atoms with Crippen LogP contribution >= 0.6 is 0 Å². The number of nitrogens with one attached hydrogen (secondary N) is 1. The van der Waals surface area contributed by atoms with Crippen LogP contribution < -0.4 is 5.32 Å². The van der Waals surface area contributed by atoms with E-state index in [0.717, 1.165) is 18.0 Å². The van der Waals surface area contributed by atoms with Crippen LogP contribution in [0.4, 0.5) is 0 Å². The van der Waals surface area contributed by atoms with Crippen molar-refractivity contribution in [2.75, 3.05) is 13.6 Å². The van der Waals surface area contributed by atoms with E-state index in [1.54, 1.807) is 0 Å². The van der Waals surface area contributed by atoms with Crippen LogP contribution in [0.3, 0.4) is 0 Å². The fourth-order valence-electron chi connectivity index (χ4n) is 4.68. The van der Waals surface area contributed by atoms with E-state index >= 15 is 0 Å². The average Bonchev–Trinajstić information content (AvgIpc) is 2.45. The van der Waals surface area contributed by atoms with Gasteiger partial charge in [-0.25, -0.2) is 0 Å². The lowest BCUT2D eigenvalue weighted by atomic mass is 9.69. The normalized spacial score (nSPS) is 36.9. The second-order valence-corrected chi connectivity index (χ2v) is 8.46. The summed E-state index contributed by atoms with van der Waals surface area (Å²) >= 11 is 0. The number of rotatable bonds is 5. The molecule has 0 bridgehead atoms. The summed E-state index contributed by atoms with van der Waals surface area (Å²) in [4.78, 5) is 2.76. The summed E-state index contributed by atoms with van der Waals surface area (Å²) in [6.45, 7) is 10.8. The van der Waals surface area contributed by atoms with Gasteiger partial charge in [-0.1, -0.05) is 34.1 Å². The predicted octanol–water partition coefficient (Wildman–Crippen LogP) is 4.44. The molecule has 2 heteroatoms. The first-order valence-electron chi connectivity index (χ1n) is 9.41. The van der Waals surface area contributed by atoms with Crippen molar-refractivity contribution in [2.45, 2.75) is 97.2 Å². The Kier molecular flexibility index (Phi) is 6.14. The van der Waals surface area contributed by atoms with E-state index in [9.17, 15) is 0 Å². The zero-order valence-electron chi connectivity index (χ0n) is 15.1. The first-order chi connectivity index (χ1) is 9.95. The molecule has 0 aromatic heterocycles. The first-order valence-corrected chi connectivity index (χ1v) is 9.41. The molecule has 2 atom stereocenters. The van der Waals surface area contributed by atoms with Gasteiger partial charge in [0.15, 0.2) is 0 Å². The highest BCUT2D eigenvalue weighted by molar-refractivity contribution is 4.99. The van der Waals surface area contributed by atoms with E-state index in [-0.39, 0.29) is 0 Å². The Labute approximate surface area is 133 Å². The average molecular weight is 295 g/mol. The van der Waals surface area contributed by atoms with Gasteiger partial charge in [-0.2, -0.15) is 0 Å². The lowest BCUT2D eigenvalue weighted by Crippen LogP contribution is -2.60. The molecule has 0 saturated heterocycles. The van der Waals surface area contributed by atoms with Gasteiger partial charge in [-0.3, -0.25) is 4.90 Å². The maximum absolute atomic E-state index is 3.90. The largest absolute Gasteiger partial charge is 0.312 e. The summed E-state index contributed by atoms with van der Waals surface area (Å²) in [5.41, 5.74) is 0.439. The summed E-state index contributed by atoms with van der Waals surface area (Å²) in [5, 5.41) is 3.90. The lowest BCUT2D eigenvalue weighted by molar-refractivity contribution is 0.0262. The highest BCUT2D eigenvalue weighted by atomic mass is 15.2. The highest BCUT2D eigenvalue weighted by Crippen LogP contribution is 2.39. The minimum absolute atomic E-state index is 0.439. The molecule has 2 unspecified atom stereocenters. The van der Waals surface area contributed by atoms with E-state index in [1.807, 2.05) is 0 Å². The third-order valence-corrected chi connectivity index (χ3v) is 6.25. The van der Waals surface area contributed by atoms with Gasteiger partial charge >= 0.3 is 0 Å². The Hall–Kier alpha value is -0.0800. The maximum Gasteiger partial charge on any atom is 0.0274 e. The second kappa shape index (κ2) is 7.46. The Morgan fingerprint density at radius 2 is 1.76 bits per heavy atom. The van der Waals surface area contributed by atoms with Gasteiger partial charge < -0.3 is 5.32 Å². The topological polar surface area (TPSA) is 15.3 Å². The smallest absolute Gasteiger partial charge is 0.0274 e. The summed E-state index contributed by atoms with van der Waals surface area (Å²) in [7, 11) is 2.41. The van der Waals surface area contributed by atoms with Gasteiger partial charge in [0.05, 0.1) is 0 Å². The summed E-state index contributed by atoms with van der Waals surface area (Å²) < 4.78 is 0. The number of hydrogen-bond acceptors (Lipinski definition) is 2. The Balaban J connectivity index is 2.03. The van der Waals surface area contributed by atoms with Crippen LogP contribution in [-0.2, 0) is 0 Å². The molecule has 0 aromatic rings. The molecule has 2 aliphatic rings. The maximum atomic E-state index is 3.90. The first kappa shape index (κ1) is 17.3. The van der Waals surface area contributed by atoms with E-state index in [0.29, 0.717) is 11.5 Å². The van der Waals surface area contributed by atoms with Crippen molar-refractivity contribution in [3.8, 4) is 0 Å². The van der Waals surface area contributed by atoms with Crippen LogP contribution in [0.25, 0.3) is 0 Å². The number of likely N-dealkylation sites (N-methyl/N-ethyl adjacent to an activating group) is 1. The van der Waals surface area contributed by atoms with Gasteiger partial charge in [-0.15, -0.1) is 0 Å². The van der Waals surface area contributed by atoms with Crippen LogP contribution in [0.2, 0.25) is 0 Å². The number of nitrogens with zero attached hydrogens (tertiary/aromatic N) is 1. The molecule has 0 spiro atoms. The molecule has 0 amide bonds. The van der Waals surface area contributed by atoms with E-state index in [4.69, 9.17) is 0 Å². The van der Waals surface area contributed by atoms with Gasteiger partial charge in [0.1, 0.15) is 0 Å². The summed E-state index contributed by atoms with van der Waals surface area (Å²) in [6.07, 6.45) is 11.1. The van der Waals surface area contributed by atoms with Gasteiger partial charge in [0.25, 0.3) is 0 Å². The zero-order valence-corrected chi connectivity index (χ0v) is 15.1. The van der Waals surface area contributed by atoms with Crippen LogP contribution in [0.1, 0.15) is 79.1 Å². The molecule has 2 aliphatic carbocycles. The molecule has 2 fully saturated rings. The van der Waals surface area contributed by atoms with Crippen molar-refractivity contribution in [1.29, 1.82) is 0 Å². The fourth-order valence-corrected chi connectivity index (χ4v) is 4.68. The van der Waals surface area contributed by atoms with E-state index < -0.39 is 0 Å². The fraction of sp³-hybridized carbons (Fsp3) is 1.00. The molecule has 0 heterocycles. The quantitative estimate of drug-likeness (QED) is 0.806. The third-order valence-electron chi connectivity index (χ3n) is 6.25. The van der Waals surface area contributed by atoms with Crippen molar-refractivity contribution in [3.63, 3.8) is 0 Å². The van der Waals surface area contributed by atoms with Crippen molar-refractivity contribution in [2.24, 2.45) is 11.3 Å². The van der Waals surface area contributed by atoms with E-state index in [2.05, 4.69) is 45.0 Å². The van der Waals surface area contributed by atoms with Crippen molar-refractivity contribution in [3.05, 3.63) is 0 Å². The standard InChI is InChI=1S/C19H38N2/c1-6-14-20-18-17(8-7-13-19(18,3)4)21(5)16-11-9-15(2)10-12-16/h15-18,20H,6-14H2,1-5H3. The van der Waals surface area contributed by atoms with E-state index in [1.165, 1.54) is 57.9 Å². The molecular formula is C19H38N2. The Morgan fingerprint density at radius 1 is 1.10 bits per heavy atom. The van der Waals surface area contributed by atoms with Crippen LogP contribution in [0.5, 0.6) is 0 Å². The Bertz CT molecular complexity index is 305. The van der Waals surface area contributed by atoms with Crippen molar-refractivity contribution >= 4 is 0 Å². The van der Waals surface area contributed by atoms with Gasteiger partial charge in [0.2, 0.25) is 0 Å². The molecule has 1 N–H and O–H groups in total. The number of hydrogen-bond donors (Lipinski definition) is 1. The van der Waals surface area contributed by atoms with Gasteiger partial charge in [0, 0.05) is 18.1 Å². The van der Waals surface area contributed by atoms with Gasteiger partial charge in [-0.05, 0) is 69.9 Å². The monoisotopic (exact) mass is 294 g/mol. The minimum atomic E-state index is 0.439. The summed E-state index contributed by atoms with van der Waals surface area (Å²) in [6, 6.07) is 2.22. The van der Waals surface area contributed by atoms with Crippen LogP contribution in [-0.4, -0.2) is 36.6 Å². The summed E-state index contributed by atoms with van der Waals surface area (Å²) in [5.74, 6) is 0.950. The lowest BCUT2D eigenvalue weighted by Gasteiger charge is -2.50. The molecule has 2 rings (SSSR count). The molecule has 0 radical (unpaired) electrons. The molecule has 2 saturated carbocycles. The van der Waals surface area contributed by atoms with Crippen molar-refractivity contribution in [1.82, 2.24) is 10.2 Å². The van der Waals surface area contributed by atoms with Crippen LogP contribution in [0.15, 0.2) is 0 Å². The molecule has 0 aromatic carbocycles. The molecular weight excluding hydrogens is 256 g/mol. The second-order valence-electron chi connectivity index (χ2n) is 8.46. The molecule has 124 valence electrons. The minimum Gasteiger partial charge on any atom is -0.312 e.